The first-order chi connectivity index (χ1) is 9.43. The smallest absolute Gasteiger partial charge is 0.175 e. The van der Waals surface area contributed by atoms with E-state index in [1.54, 1.807) is 0 Å². The van der Waals surface area contributed by atoms with Gasteiger partial charge in [-0.25, -0.2) is 0 Å². The molecule has 1 saturated heterocycles. The fraction of sp³-hybridized carbons (Fsp3) is 0.429. The second kappa shape index (κ2) is 4.35. The zero-order valence-electron chi connectivity index (χ0n) is 10.7. The molecule has 1 atom stereocenters. The van der Waals surface area contributed by atoms with Crippen LogP contribution >= 0.6 is 0 Å². The molecular formula is C14H16N4O. The molecule has 1 aromatic carbocycles. The van der Waals surface area contributed by atoms with Gasteiger partial charge in [-0.05, 0) is 31.5 Å². The van der Waals surface area contributed by atoms with Crippen molar-refractivity contribution in [3.05, 3.63) is 35.9 Å². The maximum Gasteiger partial charge on any atom is 0.175 e. The molecule has 1 N–H and O–H groups in total. The van der Waals surface area contributed by atoms with Crippen LogP contribution in [0, 0.1) is 0 Å². The summed E-state index contributed by atoms with van der Waals surface area (Å²) < 4.78 is 7.89. The van der Waals surface area contributed by atoms with E-state index in [1.165, 1.54) is 12.8 Å². The molecule has 0 bridgehead atoms. The van der Waals surface area contributed by atoms with Gasteiger partial charge in [-0.15, -0.1) is 10.2 Å². The fourth-order valence-corrected chi connectivity index (χ4v) is 2.93. The molecule has 1 unspecified atom stereocenters. The molecule has 98 valence electrons. The minimum atomic E-state index is 0.446. The van der Waals surface area contributed by atoms with E-state index in [4.69, 9.17) is 4.74 Å². The standard InChI is InChI=1S/C14H16N4O/c1-2-6-12-11(5-1)18-13(9-19-12)16-17-14(18)10-4-3-7-15-8-10/h1-2,5-6,10,15H,3-4,7-9H2. The summed E-state index contributed by atoms with van der Waals surface area (Å²) in [5.41, 5.74) is 1.06. The van der Waals surface area contributed by atoms with Crippen LogP contribution in [0.1, 0.15) is 30.4 Å². The highest BCUT2D eigenvalue weighted by Gasteiger charge is 2.27. The van der Waals surface area contributed by atoms with Gasteiger partial charge in [0.2, 0.25) is 0 Å². The predicted octanol–water partition coefficient (Wildman–Crippen LogP) is 1.63. The van der Waals surface area contributed by atoms with Crippen molar-refractivity contribution in [1.82, 2.24) is 20.1 Å². The van der Waals surface area contributed by atoms with Crippen LogP contribution in [0.15, 0.2) is 24.3 Å². The number of fused-ring (bicyclic) bond motifs is 3. The van der Waals surface area contributed by atoms with E-state index in [2.05, 4.69) is 26.1 Å². The van der Waals surface area contributed by atoms with Crippen molar-refractivity contribution < 1.29 is 4.74 Å². The average Bonchev–Trinajstić information content (AvgIpc) is 2.92. The maximum atomic E-state index is 5.71. The van der Waals surface area contributed by atoms with Crippen LogP contribution in [0.5, 0.6) is 5.75 Å². The van der Waals surface area contributed by atoms with Gasteiger partial charge in [0.25, 0.3) is 0 Å². The SMILES string of the molecule is c1ccc2c(c1)OCc1nnc(C3CCCNC3)n1-2. The number of benzene rings is 1. The summed E-state index contributed by atoms with van der Waals surface area (Å²) in [6, 6.07) is 8.10. The molecule has 19 heavy (non-hydrogen) atoms. The fourth-order valence-electron chi connectivity index (χ4n) is 2.93. The first-order valence-electron chi connectivity index (χ1n) is 6.80. The molecule has 5 nitrogen and oxygen atoms in total. The third-order valence-electron chi connectivity index (χ3n) is 3.88. The molecule has 1 fully saturated rings. The normalized spacial score (nSPS) is 21.4. The zero-order chi connectivity index (χ0) is 12.7. The van der Waals surface area contributed by atoms with Crippen LogP contribution in [0.2, 0.25) is 0 Å². The molecule has 4 rings (SSSR count). The lowest BCUT2D eigenvalue weighted by Gasteiger charge is -2.25. The van der Waals surface area contributed by atoms with Crippen molar-refractivity contribution in [1.29, 1.82) is 0 Å². The van der Waals surface area contributed by atoms with Gasteiger partial charge in [-0.3, -0.25) is 4.57 Å². The van der Waals surface area contributed by atoms with Gasteiger partial charge in [0.1, 0.15) is 18.2 Å². The lowest BCUT2D eigenvalue weighted by molar-refractivity contribution is 0.277. The topological polar surface area (TPSA) is 52.0 Å². The third kappa shape index (κ3) is 1.73. The Morgan fingerprint density at radius 3 is 3.11 bits per heavy atom. The molecule has 0 saturated carbocycles. The van der Waals surface area contributed by atoms with E-state index in [0.717, 1.165) is 36.2 Å². The number of para-hydroxylation sites is 2. The molecule has 1 aromatic heterocycles. The zero-order valence-corrected chi connectivity index (χ0v) is 10.7. The molecule has 2 aliphatic rings. The number of piperidine rings is 1. The number of nitrogens with zero attached hydrogens (tertiary/aromatic N) is 3. The Kier molecular flexibility index (Phi) is 2.51. The second-order valence-corrected chi connectivity index (χ2v) is 5.11. The highest BCUT2D eigenvalue weighted by molar-refractivity contribution is 5.49. The summed E-state index contributed by atoms with van der Waals surface area (Å²) in [6.45, 7) is 2.60. The molecular weight excluding hydrogens is 240 g/mol. The highest BCUT2D eigenvalue weighted by Crippen LogP contribution is 2.33. The number of hydrogen-bond acceptors (Lipinski definition) is 4. The lowest BCUT2D eigenvalue weighted by Crippen LogP contribution is -2.30. The van der Waals surface area contributed by atoms with Crippen LogP contribution in [0.25, 0.3) is 5.69 Å². The van der Waals surface area contributed by atoms with Crippen molar-refractivity contribution in [3.8, 4) is 11.4 Å². The van der Waals surface area contributed by atoms with E-state index in [0.29, 0.717) is 12.5 Å². The van der Waals surface area contributed by atoms with Gasteiger partial charge in [0.15, 0.2) is 5.82 Å². The molecule has 3 heterocycles. The Balaban J connectivity index is 1.82. The quantitative estimate of drug-likeness (QED) is 0.842. The number of rotatable bonds is 1. The monoisotopic (exact) mass is 256 g/mol. The number of ether oxygens (including phenoxy) is 1. The Bertz CT molecular complexity index is 601. The van der Waals surface area contributed by atoms with E-state index in [1.807, 2.05) is 18.2 Å². The van der Waals surface area contributed by atoms with Crippen molar-refractivity contribution in [3.63, 3.8) is 0 Å². The average molecular weight is 256 g/mol. The summed E-state index contributed by atoms with van der Waals surface area (Å²) >= 11 is 0. The summed E-state index contributed by atoms with van der Waals surface area (Å²) in [6.07, 6.45) is 2.37. The minimum absolute atomic E-state index is 0.446. The molecule has 0 spiro atoms. The van der Waals surface area contributed by atoms with Crippen LogP contribution < -0.4 is 10.1 Å². The van der Waals surface area contributed by atoms with Gasteiger partial charge >= 0.3 is 0 Å². The van der Waals surface area contributed by atoms with Crippen molar-refractivity contribution in [2.45, 2.75) is 25.4 Å². The Morgan fingerprint density at radius 1 is 1.26 bits per heavy atom. The maximum absolute atomic E-state index is 5.71. The Labute approximate surface area is 111 Å². The van der Waals surface area contributed by atoms with Gasteiger partial charge in [0, 0.05) is 12.5 Å². The Hall–Kier alpha value is -1.88. The summed E-state index contributed by atoms with van der Waals surface area (Å²) in [7, 11) is 0. The summed E-state index contributed by atoms with van der Waals surface area (Å²) in [5, 5.41) is 12.1. The van der Waals surface area contributed by atoms with Crippen LogP contribution in [0.4, 0.5) is 0 Å². The molecule has 0 amide bonds. The third-order valence-corrected chi connectivity index (χ3v) is 3.88. The molecule has 0 aliphatic carbocycles. The van der Waals surface area contributed by atoms with Gasteiger partial charge in [-0.2, -0.15) is 0 Å². The molecule has 2 aliphatic heterocycles. The lowest BCUT2D eigenvalue weighted by atomic mass is 9.98. The first kappa shape index (κ1) is 11.0. The minimum Gasteiger partial charge on any atom is -0.483 e. The number of nitrogens with one attached hydrogen (secondary N) is 1. The second-order valence-electron chi connectivity index (χ2n) is 5.11. The van der Waals surface area contributed by atoms with E-state index < -0.39 is 0 Å². The van der Waals surface area contributed by atoms with Crippen molar-refractivity contribution >= 4 is 0 Å². The predicted molar refractivity (Wildman–Crippen MR) is 70.5 cm³/mol. The summed E-state index contributed by atoms with van der Waals surface area (Å²) in [4.78, 5) is 0. The first-order valence-corrected chi connectivity index (χ1v) is 6.80. The van der Waals surface area contributed by atoms with Crippen molar-refractivity contribution in [2.24, 2.45) is 0 Å². The molecule has 5 heteroatoms. The van der Waals surface area contributed by atoms with E-state index >= 15 is 0 Å². The molecule has 0 radical (unpaired) electrons. The van der Waals surface area contributed by atoms with Gasteiger partial charge < -0.3 is 10.1 Å². The summed E-state index contributed by atoms with van der Waals surface area (Å²) in [5.74, 6) is 3.33. The van der Waals surface area contributed by atoms with Crippen LogP contribution in [0.3, 0.4) is 0 Å². The van der Waals surface area contributed by atoms with Crippen molar-refractivity contribution in [2.75, 3.05) is 13.1 Å². The van der Waals surface area contributed by atoms with E-state index in [9.17, 15) is 0 Å². The van der Waals surface area contributed by atoms with Crippen LogP contribution in [-0.2, 0) is 6.61 Å². The molecule has 2 aromatic rings. The van der Waals surface area contributed by atoms with E-state index in [-0.39, 0.29) is 0 Å². The van der Waals surface area contributed by atoms with Crippen LogP contribution in [-0.4, -0.2) is 27.9 Å². The highest BCUT2D eigenvalue weighted by atomic mass is 16.5. The van der Waals surface area contributed by atoms with Gasteiger partial charge in [0.05, 0.1) is 5.69 Å². The Morgan fingerprint density at radius 2 is 2.21 bits per heavy atom. The number of hydrogen-bond donors (Lipinski definition) is 1. The number of aromatic nitrogens is 3. The van der Waals surface area contributed by atoms with Gasteiger partial charge in [-0.1, -0.05) is 12.1 Å². The largest absolute Gasteiger partial charge is 0.483 e.